The van der Waals surface area contributed by atoms with Crippen molar-refractivity contribution in [3.8, 4) is 11.5 Å². The zero-order chi connectivity index (χ0) is 22.3. The number of fused-ring (bicyclic) bond motifs is 1. The van der Waals surface area contributed by atoms with Gasteiger partial charge < -0.3 is 19.5 Å². The molecule has 0 aromatic heterocycles. The third-order valence-corrected chi connectivity index (χ3v) is 6.12. The van der Waals surface area contributed by atoms with E-state index in [-0.39, 0.29) is 18.6 Å². The van der Waals surface area contributed by atoms with Gasteiger partial charge in [-0.25, -0.2) is 0 Å². The van der Waals surface area contributed by atoms with Gasteiger partial charge in [0.25, 0.3) is 5.91 Å². The van der Waals surface area contributed by atoms with Crippen molar-refractivity contribution in [3.63, 3.8) is 0 Å². The molecule has 1 heterocycles. The molecule has 1 aliphatic heterocycles. The molecule has 3 aromatic rings. The molecule has 1 aliphatic rings. The first kappa shape index (κ1) is 22.6. The lowest BCUT2D eigenvalue weighted by Crippen LogP contribution is -2.44. The molecule has 4 rings (SSSR count). The average Bonchev–Trinajstić information content (AvgIpc) is 2.84. The van der Waals surface area contributed by atoms with Crippen LogP contribution in [0, 0.1) is 0 Å². The normalized spacial score (nSPS) is 15.3. The van der Waals surface area contributed by atoms with Gasteiger partial charge in [-0.2, -0.15) is 0 Å². The molecule has 1 N–H and O–H groups in total. The van der Waals surface area contributed by atoms with Gasteiger partial charge in [0.2, 0.25) is 0 Å². The first-order valence-electron chi connectivity index (χ1n) is 10.7. The molecule has 0 saturated carbocycles. The Morgan fingerprint density at radius 3 is 2.47 bits per heavy atom. The Labute approximate surface area is 196 Å². The van der Waals surface area contributed by atoms with Crippen LogP contribution in [0.15, 0.2) is 65.1 Å². The van der Waals surface area contributed by atoms with Crippen LogP contribution in [0.4, 0.5) is 0 Å². The summed E-state index contributed by atoms with van der Waals surface area (Å²) in [5.74, 6) is 1.34. The first-order valence-corrected chi connectivity index (χ1v) is 11.5. The number of ether oxygens (including phenoxy) is 3. The maximum atomic E-state index is 12.5. The van der Waals surface area contributed by atoms with Crippen molar-refractivity contribution in [2.45, 2.75) is 6.04 Å². The van der Waals surface area contributed by atoms with E-state index in [1.807, 2.05) is 42.5 Å². The van der Waals surface area contributed by atoms with Crippen LogP contribution in [0.25, 0.3) is 10.8 Å². The van der Waals surface area contributed by atoms with Gasteiger partial charge in [0.15, 0.2) is 6.61 Å². The molecule has 6 nitrogen and oxygen atoms in total. The molecule has 3 aromatic carbocycles. The van der Waals surface area contributed by atoms with Crippen LogP contribution in [0.5, 0.6) is 11.5 Å². The lowest BCUT2D eigenvalue weighted by atomic mass is 10.0. The summed E-state index contributed by atoms with van der Waals surface area (Å²) in [6.07, 6.45) is 0. The maximum absolute atomic E-state index is 12.5. The van der Waals surface area contributed by atoms with Gasteiger partial charge in [-0.15, -0.1) is 0 Å². The molecule has 0 aliphatic carbocycles. The highest BCUT2D eigenvalue weighted by Gasteiger charge is 2.23. The van der Waals surface area contributed by atoms with Crippen LogP contribution < -0.4 is 14.8 Å². The van der Waals surface area contributed by atoms with Gasteiger partial charge in [-0.1, -0.05) is 40.2 Å². The highest BCUT2D eigenvalue weighted by atomic mass is 79.9. The minimum absolute atomic E-state index is 0.0273. The summed E-state index contributed by atoms with van der Waals surface area (Å²) in [4.78, 5) is 14.9. The molecular formula is C25H27BrN2O4. The molecule has 1 atom stereocenters. The number of nitrogens with one attached hydrogen (secondary N) is 1. The van der Waals surface area contributed by atoms with Crippen LogP contribution in [0.1, 0.15) is 11.6 Å². The van der Waals surface area contributed by atoms with E-state index in [4.69, 9.17) is 14.2 Å². The molecule has 1 unspecified atom stereocenters. The third kappa shape index (κ3) is 5.79. The van der Waals surface area contributed by atoms with E-state index in [2.05, 4.69) is 44.3 Å². The van der Waals surface area contributed by atoms with Gasteiger partial charge in [0, 0.05) is 24.1 Å². The predicted octanol–water partition coefficient (Wildman–Crippen LogP) is 4.18. The highest BCUT2D eigenvalue weighted by molar-refractivity contribution is 9.10. The highest BCUT2D eigenvalue weighted by Crippen LogP contribution is 2.25. The number of carbonyl (C=O) groups excluding carboxylic acids is 1. The molecule has 1 fully saturated rings. The summed E-state index contributed by atoms with van der Waals surface area (Å²) in [5.41, 5.74) is 1.13. The number of rotatable bonds is 8. The summed E-state index contributed by atoms with van der Waals surface area (Å²) >= 11 is 3.48. The number of halogens is 1. The van der Waals surface area contributed by atoms with Crippen molar-refractivity contribution in [1.82, 2.24) is 10.2 Å². The van der Waals surface area contributed by atoms with Gasteiger partial charge >= 0.3 is 0 Å². The number of morpholine rings is 1. The van der Waals surface area contributed by atoms with Crippen molar-refractivity contribution >= 4 is 32.6 Å². The van der Waals surface area contributed by atoms with Crippen molar-refractivity contribution in [2.24, 2.45) is 0 Å². The molecule has 1 saturated heterocycles. The van der Waals surface area contributed by atoms with E-state index in [0.29, 0.717) is 25.5 Å². The van der Waals surface area contributed by atoms with Crippen LogP contribution >= 0.6 is 15.9 Å². The summed E-state index contributed by atoms with van der Waals surface area (Å²) in [6.45, 7) is 3.53. The van der Waals surface area contributed by atoms with Crippen LogP contribution in [0.2, 0.25) is 0 Å². The zero-order valence-electron chi connectivity index (χ0n) is 18.1. The van der Waals surface area contributed by atoms with Gasteiger partial charge in [0.1, 0.15) is 11.5 Å². The smallest absolute Gasteiger partial charge is 0.258 e. The Hall–Kier alpha value is -2.61. The predicted molar refractivity (Wildman–Crippen MR) is 128 cm³/mol. The average molecular weight is 499 g/mol. The number of hydrogen-bond donors (Lipinski definition) is 1. The number of hydrogen-bond acceptors (Lipinski definition) is 5. The fourth-order valence-electron chi connectivity index (χ4n) is 3.87. The molecule has 1 amide bonds. The van der Waals surface area contributed by atoms with E-state index in [0.717, 1.165) is 39.6 Å². The van der Waals surface area contributed by atoms with Crippen LogP contribution in [0.3, 0.4) is 0 Å². The molecule has 32 heavy (non-hydrogen) atoms. The largest absolute Gasteiger partial charge is 0.497 e. The molecule has 7 heteroatoms. The van der Waals surface area contributed by atoms with E-state index < -0.39 is 0 Å². The zero-order valence-corrected chi connectivity index (χ0v) is 19.6. The molecule has 0 spiro atoms. The first-order chi connectivity index (χ1) is 15.6. The Morgan fingerprint density at radius 1 is 1.03 bits per heavy atom. The summed E-state index contributed by atoms with van der Waals surface area (Å²) in [5, 5.41) is 5.22. The fraction of sp³-hybridized carbons (Fsp3) is 0.320. The molecular weight excluding hydrogens is 472 g/mol. The maximum Gasteiger partial charge on any atom is 0.258 e. The second-order valence-corrected chi connectivity index (χ2v) is 8.60. The van der Waals surface area contributed by atoms with E-state index >= 15 is 0 Å². The number of methoxy groups -OCH3 is 1. The third-order valence-electron chi connectivity index (χ3n) is 5.62. The Balaban J connectivity index is 1.36. The van der Waals surface area contributed by atoms with E-state index in [1.165, 1.54) is 0 Å². The van der Waals surface area contributed by atoms with E-state index in [1.54, 1.807) is 7.11 Å². The lowest BCUT2D eigenvalue weighted by molar-refractivity contribution is -0.123. The van der Waals surface area contributed by atoms with Crippen molar-refractivity contribution < 1.29 is 19.0 Å². The number of amides is 1. The molecule has 0 bridgehead atoms. The lowest BCUT2D eigenvalue weighted by Gasteiger charge is -2.35. The van der Waals surface area contributed by atoms with Crippen molar-refractivity contribution in [1.29, 1.82) is 0 Å². The van der Waals surface area contributed by atoms with Crippen LogP contribution in [-0.2, 0) is 9.53 Å². The number of benzene rings is 3. The minimum atomic E-state index is -0.146. The Bertz CT molecular complexity index is 1050. The Kier molecular flexibility index (Phi) is 7.63. The quantitative estimate of drug-likeness (QED) is 0.504. The van der Waals surface area contributed by atoms with Gasteiger partial charge in [-0.05, 0) is 52.7 Å². The second-order valence-electron chi connectivity index (χ2n) is 7.68. The summed E-state index contributed by atoms with van der Waals surface area (Å²) in [7, 11) is 1.66. The summed E-state index contributed by atoms with van der Waals surface area (Å²) < 4.78 is 17.6. The molecule has 0 radical (unpaired) electrons. The van der Waals surface area contributed by atoms with Crippen molar-refractivity contribution in [2.75, 3.05) is 46.6 Å². The van der Waals surface area contributed by atoms with Gasteiger partial charge in [0.05, 0.1) is 26.4 Å². The second kappa shape index (κ2) is 10.8. The number of carbonyl (C=O) groups is 1. The van der Waals surface area contributed by atoms with Gasteiger partial charge in [-0.3, -0.25) is 9.69 Å². The topological polar surface area (TPSA) is 60.0 Å². The standard InChI is InChI=1S/C25H27BrN2O4/c1-30-22-7-3-18(4-8-22)24(28-10-12-31-13-11-28)16-27-25(29)17-32-23-9-5-19-14-21(26)6-2-20(19)15-23/h2-9,14-15,24H,10-13,16-17H2,1H3,(H,27,29). The number of nitrogens with zero attached hydrogens (tertiary/aromatic N) is 1. The Morgan fingerprint density at radius 2 is 1.72 bits per heavy atom. The van der Waals surface area contributed by atoms with E-state index in [9.17, 15) is 4.79 Å². The minimum Gasteiger partial charge on any atom is -0.497 e. The van der Waals surface area contributed by atoms with Crippen LogP contribution in [-0.4, -0.2) is 57.4 Å². The SMILES string of the molecule is COc1ccc(C(CNC(=O)COc2ccc3cc(Br)ccc3c2)N2CCOCC2)cc1. The monoisotopic (exact) mass is 498 g/mol. The fourth-order valence-corrected chi connectivity index (χ4v) is 4.25. The molecule has 168 valence electrons. The van der Waals surface area contributed by atoms with Crippen molar-refractivity contribution in [3.05, 3.63) is 70.7 Å². The summed E-state index contributed by atoms with van der Waals surface area (Å²) in [6, 6.07) is 20.0.